The molecule has 0 heterocycles. The number of para-hydroxylation sites is 1. The SMILES string of the molecule is Cc1ccccc1OC(C)C(=O)NNC(=O)C(C)Oc1ccc(Cl)cc1Cl. The zero-order valence-corrected chi connectivity index (χ0v) is 16.6. The smallest absolute Gasteiger partial charge is 0.279 e. The van der Waals surface area contributed by atoms with E-state index >= 15 is 0 Å². The van der Waals surface area contributed by atoms with E-state index in [0.29, 0.717) is 16.5 Å². The molecule has 2 N–H and O–H groups in total. The van der Waals surface area contributed by atoms with Gasteiger partial charge in [-0.05, 0) is 50.6 Å². The molecule has 0 aliphatic heterocycles. The minimum Gasteiger partial charge on any atom is -0.481 e. The highest BCUT2D eigenvalue weighted by Gasteiger charge is 2.20. The number of hydrazine groups is 1. The van der Waals surface area contributed by atoms with E-state index in [4.69, 9.17) is 32.7 Å². The summed E-state index contributed by atoms with van der Waals surface area (Å²) >= 11 is 11.8. The summed E-state index contributed by atoms with van der Waals surface area (Å²) in [5, 5.41) is 0.741. The molecule has 8 heteroatoms. The zero-order valence-electron chi connectivity index (χ0n) is 15.1. The molecule has 2 aromatic carbocycles. The second-order valence-electron chi connectivity index (χ2n) is 5.84. The standard InChI is InChI=1S/C19H20Cl2N2O4/c1-11-6-4-5-7-16(11)26-12(2)18(24)22-23-19(25)13(3)27-17-9-8-14(20)10-15(17)21/h4-10,12-13H,1-3H3,(H,22,24)(H,23,25). The van der Waals surface area contributed by atoms with Crippen LogP contribution in [0, 0.1) is 6.92 Å². The molecule has 6 nitrogen and oxygen atoms in total. The number of benzene rings is 2. The molecule has 0 radical (unpaired) electrons. The van der Waals surface area contributed by atoms with E-state index in [9.17, 15) is 9.59 Å². The second-order valence-corrected chi connectivity index (χ2v) is 6.68. The number of ether oxygens (including phenoxy) is 2. The Kier molecular flexibility index (Phi) is 7.33. The lowest BCUT2D eigenvalue weighted by atomic mass is 10.2. The monoisotopic (exact) mass is 410 g/mol. The number of amides is 2. The quantitative estimate of drug-likeness (QED) is 0.711. The van der Waals surface area contributed by atoms with Gasteiger partial charge in [-0.15, -0.1) is 0 Å². The average Bonchev–Trinajstić information content (AvgIpc) is 2.63. The Bertz CT molecular complexity index is 829. The van der Waals surface area contributed by atoms with Gasteiger partial charge in [0.15, 0.2) is 12.2 Å². The molecule has 2 aromatic rings. The third-order valence-corrected chi connectivity index (χ3v) is 4.17. The summed E-state index contributed by atoms with van der Waals surface area (Å²) < 4.78 is 11.1. The van der Waals surface area contributed by atoms with Gasteiger partial charge in [-0.3, -0.25) is 20.4 Å². The first-order chi connectivity index (χ1) is 12.8. The maximum atomic E-state index is 12.1. The third kappa shape index (κ3) is 6.05. The summed E-state index contributed by atoms with van der Waals surface area (Å²) in [6.07, 6.45) is -1.69. The van der Waals surface area contributed by atoms with E-state index in [-0.39, 0.29) is 5.02 Å². The van der Waals surface area contributed by atoms with E-state index in [1.54, 1.807) is 25.1 Å². The number of nitrogens with one attached hydrogen (secondary N) is 2. The van der Waals surface area contributed by atoms with Crippen LogP contribution in [0.25, 0.3) is 0 Å². The molecular weight excluding hydrogens is 391 g/mol. The van der Waals surface area contributed by atoms with Crippen molar-refractivity contribution < 1.29 is 19.1 Å². The van der Waals surface area contributed by atoms with Crippen LogP contribution in [-0.2, 0) is 9.59 Å². The molecular formula is C19H20Cl2N2O4. The van der Waals surface area contributed by atoms with Crippen molar-refractivity contribution >= 4 is 35.0 Å². The Morgan fingerprint density at radius 3 is 2.00 bits per heavy atom. The highest BCUT2D eigenvalue weighted by atomic mass is 35.5. The van der Waals surface area contributed by atoms with Gasteiger partial charge in [-0.1, -0.05) is 41.4 Å². The molecule has 0 fully saturated rings. The Hall–Kier alpha value is -2.44. The minimum absolute atomic E-state index is 0.284. The number of halogens is 2. The molecule has 0 saturated carbocycles. The fourth-order valence-corrected chi connectivity index (χ4v) is 2.53. The van der Waals surface area contributed by atoms with Crippen LogP contribution >= 0.6 is 23.2 Å². The lowest BCUT2D eigenvalue weighted by Crippen LogP contribution is -2.50. The van der Waals surface area contributed by atoms with Gasteiger partial charge in [0.2, 0.25) is 0 Å². The Balaban J connectivity index is 1.84. The lowest BCUT2D eigenvalue weighted by molar-refractivity contribution is -0.135. The molecule has 27 heavy (non-hydrogen) atoms. The van der Waals surface area contributed by atoms with Crippen LogP contribution in [0.1, 0.15) is 19.4 Å². The number of carbonyl (C=O) groups excluding carboxylic acids is 2. The number of aryl methyl sites for hydroxylation is 1. The molecule has 0 aliphatic rings. The predicted octanol–water partition coefficient (Wildman–Crippen LogP) is 3.68. The fourth-order valence-electron chi connectivity index (χ4n) is 2.07. The van der Waals surface area contributed by atoms with E-state index in [1.807, 2.05) is 25.1 Å². The van der Waals surface area contributed by atoms with Crippen molar-refractivity contribution in [2.45, 2.75) is 33.0 Å². The molecule has 2 unspecified atom stereocenters. The largest absolute Gasteiger partial charge is 0.481 e. The summed E-state index contributed by atoms with van der Waals surface area (Å²) in [6.45, 7) is 4.99. The first-order valence-corrected chi connectivity index (χ1v) is 8.97. The molecule has 2 amide bonds. The Labute approximate surface area is 167 Å². The third-order valence-electron chi connectivity index (χ3n) is 3.64. The normalized spacial score (nSPS) is 12.6. The summed E-state index contributed by atoms with van der Waals surface area (Å²) in [7, 11) is 0. The summed E-state index contributed by atoms with van der Waals surface area (Å²) in [6, 6.07) is 12.0. The van der Waals surface area contributed by atoms with Crippen molar-refractivity contribution in [2.75, 3.05) is 0 Å². The average molecular weight is 411 g/mol. The summed E-state index contributed by atoms with van der Waals surface area (Å²) in [5.41, 5.74) is 5.52. The first kappa shape index (κ1) is 20.9. The van der Waals surface area contributed by atoms with Crippen LogP contribution in [0.4, 0.5) is 0 Å². The van der Waals surface area contributed by atoms with Crippen molar-refractivity contribution in [1.82, 2.24) is 10.9 Å². The van der Waals surface area contributed by atoms with E-state index in [1.165, 1.54) is 13.0 Å². The van der Waals surface area contributed by atoms with Crippen molar-refractivity contribution in [3.63, 3.8) is 0 Å². The van der Waals surface area contributed by atoms with E-state index in [2.05, 4.69) is 10.9 Å². The highest BCUT2D eigenvalue weighted by Crippen LogP contribution is 2.28. The summed E-state index contributed by atoms with van der Waals surface area (Å²) in [5.74, 6) is -0.132. The highest BCUT2D eigenvalue weighted by molar-refractivity contribution is 6.35. The van der Waals surface area contributed by atoms with Crippen LogP contribution in [-0.4, -0.2) is 24.0 Å². The predicted molar refractivity (Wildman–Crippen MR) is 104 cm³/mol. The maximum Gasteiger partial charge on any atom is 0.279 e. The number of carbonyl (C=O) groups is 2. The van der Waals surface area contributed by atoms with Crippen LogP contribution in [0.15, 0.2) is 42.5 Å². The maximum absolute atomic E-state index is 12.1. The van der Waals surface area contributed by atoms with Gasteiger partial charge in [0.05, 0.1) is 5.02 Å². The van der Waals surface area contributed by atoms with Gasteiger partial charge < -0.3 is 9.47 Å². The Morgan fingerprint density at radius 1 is 0.889 bits per heavy atom. The molecule has 0 saturated heterocycles. The first-order valence-electron chi connectivity index (χ1n) is 8.21. The van der Waals surface area contributed by atoms with Crippen LogP contribution in [0.3, 0.4) is 0 Å². The zero-order chi connectivity index (χ0) is 20.0. The van der Waals surface area contributed by atoms with Crippen molar-refractivity contribution in [3.8, 4) is 11.5 Å². The molecule has 0 aromatic heterocycles. The molecule has 0 bridgehead atoms. The van der Waals surface area contributed by atoms with Crippen LogP contribution in [0.2, 0.25) is 10.0 Å². The number of rotatable bonds is 6. The molecule has 0 aliphatic carbocycles. The Morgan fingerprint density at radius 2 is 1.44 bits per heavy atom. The van der Waals surface area contributed by atoms with Gasteiger partial charge >= 0.3 is 0 Å². The van der Waals surface area contributed by atoms with Gasteiger partial charge in [-0.2, -0.15) is 0 Å². The van der Waals surface area contributed by atoms with Crippen molar-refractivity contribution in [1.29, 1.82) is 0 Å². The molecule has 0 spiro atoms. The van der Waals surface area contributed by atoms with Gasteiger partial charge in [-0.25, -0.2) is 0 Å². The number of hydrogen-bond acceptors (Lipinski definition) is 4. The topological polar surface area (TPSA) is 76.7 Å². The molecule has 2 atom stereocenters. The van der Waals surface area contributed by atoms with E-state index < -0.39 is 24.0 Å². The molecule has 144 valence electrons. The number of hydrogen-bond donors (Lipinski definition) is 2. The second kappa shape index (κ2) is 9.48. The van der Waals surface area contributed by atoms with Crippen molar-refractivity contribution in [3.05, 3.63) is 58.1 Å². The van der Waals surface area contributed by atoms with Gasteiger partial charge in [0.25, 0.3) is 11.8 Å². The fraction of sp³-hybridized carbons (Fsp3) is 0.263. The van der Waals surface area contributed by atoms with Gasteiger partial charge in [0.1, 0.15) is 11.5 Å². The summed E-state index contributed by atoms with van der Waals surface area (Å²) in [4.78, 5) is 24.2. The van der Waals surface area contributed by atoms with Crippen molar-refractivity contribution in [2.24, 2.45) is 0 Å². The minimum atomic E-state index is -0.892. The van der Waals surface area contributed by atoms with Gasteiger partial charge in [0, 0.05) is 5.02 Å². The van der Waals surface area contributed by atoms with E-state index in [0.717, 1.165) is 5.56 Å². The molecule has 2 rings (SSSR count). The lowest BCUT2D eigenvalue weighted by Gasteiger charge is -2.18. The van der Waals surface area contributed by atoms with Crippen LogP contribution in [0.5, 0.6) is 11.5 Å². The van der Waals surface area contributed by atoms with Crippen LogP contribution < -0.4 is 20.3 Å².